The van der Waals surface area contributed by atoms with Crippen molar-refractivity contribution in [1.82, 2.24) is 5.32 Å². The zero-order chi connectivity index (χ0) is 12.8. The molecule has 1 heteroatoms. The van der Waals surface area contributed by atoms with Crippen molar-refractivity contribution in [2.24, 2.45) is 23.7 Å². The predicted molar refractivity (Wildman–Crippen MR) is 77.2 cm³/mol. The van der Waals surface area contributed by atoms with Crippen LogP contribution in [0.1, 0.15) is 66.7 Å². The molecule has 1 aliphatic rings. The van der Waals surface area contributed by atoms with Crippen molar-refractivity contribution >= 4 is 0 Å². The number of hydrogen-bond donors (Lipinski definition) is 1. The summed E-state index contributed by atoms with van der Waals surface area (Å²) >= 11 is 0. The van der Waals surface area contributed by atoms with Crippen LogP contribution in [0, 0.1) is 23.7 Å². The molecule has 1 rings (SSSR count). The van der Waals surface area contributed by atoms with Gasteiger partial charge >= 0.3 is 0 Å². The molecule has 0 aliphatic heterocycles. The Bertz CT molecular complexity index is 200. The molecule has 1 aliphatic carbocycles. The smallest absolute Gasteiger partial charge is 0.0123 e. The van der Waals surface area contributed by atoms with E-state index in [0.717, 1.165) is 36.3 Å². The summed E-state index contributed by atoms with van der Waals surface area (Å²) in [6.07, 6.45) is 7.22. The van der Waals surface area contributed by atoms with Gasteiger partial charge < -0.3 is 5.32 Å². The molecule has 4 unspecified atom stereocenters. The van der Waals surface area contributed by atoms with E-state index in [-0.39, 0.29) is 0 Å². The van der Waals surface area contributed by atoms with E-state index in [1.807, 2.05) is 0 Å². The first-order chi connectivity index (χ1) is 8.10. The Balaban J connectivity index is 2.62. The SMILES string of the molecule is CCNC(C1CCCC(CC)C1)C(C)C(C)C. The second-order valence-electron chi connectivity index (χ2n) is 6.39. The molecule has 0 saturated heterocycles. The zero-order valence-electron chi connectivity index (χ0n) is 12.6. The van der Waals surface area contributed by atoms with Crippen LogP contribution in [-0.2, 0) is 0 Å². The van der Waals surface area contributed by atoms with Crippen molar-refractivity contribution < 1.29 is 0 Å². The molecular weight excluding hydrogens is 206 g/mol. The van der Waals surface area contributed by atoms with Gasteiger partial charge in [0.05, 0.1) is 0 Å². The molecule has 0 amide bonds. The molecule has 0 aromatic carbocycles. The average molecular weight is 239 g/mol. The Hall–Kier alpha value is -0.0400. The minimum atomic E-state index is 0.745. The number of nitrogens with one attached hydrogen (secondary N) is 1. The third kappa shape index (κ3) is 4.28. The Kier molecular flexibility index (Phi) is 6.54. The minimum absolute atomic E-state index is 0.745. The Labute approximate surface area is 109 Å². The van der Waals surface area contributed by atoms with Gasteiger partial charge in [-0.15, -0.1) is 0 Å². The molecule has 0 spiro atoms. The lowest BCUT2D eigenvalue weighted by Gasteiger charge is -2.39. The van der Waals surface area contributed by atoms with Crippen LogP contribution in [0.2, 0.25) is 0 Å². The van der Waals surface area contributed by atoms with Gasteiger partial charge in [0.15, 0.2) is 0 Å². The van der Waals surface area contributed by atoms with Crippen LogP contribution in [0.25, 0.3) is 0 Å². The molecule has 1 nitrogen and oxygen atoms in total. The fourth-order valence-corrected chi connectivity index (χ4v) is 3.46. The predicted octanol–water partition coefficient (Wildman–Crippen LogP) is 4.47. The summed E-state index contributed by atoms with van der Waals surface area (Å²) < 4.78 is 0. The fraction of sp³-hybridized carbons (Fsp3) is 1.00. The minimum Gasteiger partial charge on any atom is -0.314 e. The Morgan fingerprint density at radius 1 is 1.12 bits per heavy atom. The Morgan fingerprint density at radius 2 is 1.82 bits per heavy atom. The summed E-state index contributed by atoms with van der Waals surface area (Å²) in [5.41, 5.74) is 0. The van der Waals surface area contributed by atoms with Gasteiger partial charge in [0, 0.05) is 6.04 Å². The van der Waals surface area contributed by atoms with E-state index in [2.05, 4.69) is 39.9 Å². The topological polar surface area (TPSA) is 12.0 Å². The molecule has 1 saturated carbocycles. The van der Waals surface area contributed by atoms with Gasteiger partial charge in [0.1, 0.15) is 0 Å². The highest BCUT2D eigenvalue weighted by Gasteiger charge is 2.31. The van der Waals surface area contributed by atoms with E-state index >= 15 is 0 Å². The second-order valence-corrected chi connectivity index (χ2v) is 6.39. The van der Waals surface area contributed by atoms with Crippen molar-refractivity contribution in [3.8, 4) is 0 Å². The van der Waals surface area contributed by atoms with Crippen molar-refractivity contribution in [2.45, 2.75) is 72.8 Å². The first kappa shape index (κ1) is 15.0. The molecular formula is C16H33N. The summed E-state index contributed by atoms with van der Waals surface area (Å²) in [6.45, 7) is 12.9. The van der Waals surface area contributed by atoms with Gasteiger partial charge in [0.25, 0.3) is 0 Å². The quantitative estimate of drug-likeness (QED) is 0.721. The van der Waals surface area contributed by atoms with Crippen LogP contribution in [0.3, 0.4) is 0 Å². The first-order valence-corrected chi connectivity index (χ1v) is 7.83. The van der Waals surface area contributed by atoms with Crippen LogP contribution >= 0.6 is 0 Å². The van der Waals surface area contributed by atoms with Crippen molar-refractivity contribution in [3.05, 3.63) is 0 Å². The van der Waals surface area contributed by atoms with E-state index in [1.54, 1.807) is 0 Å². The molecule has 0 bridgehead atoms. The van der Waals surface area contributed by atoms with E-state index in [4.69, 9.17) is 0 Å². The highest BCUT2D eigenvalue weighted by molar-refractivity contribution is 4.86. The van der Waals surface area contributed by atoms with Gasteiger partial charge in [-0.05, 0) is 43.1 Å². The van der Waals surface area contributed by atoms with Gasteiger partial charge in [-0.1, -0.05) is 53.9 Å². The normalized spacial score (nSPS) is 29.3. The van der Waals surface area contributed by atoms with Crippen molar-refractivity contribution in [2.75, 3.05) is 6.54 Å². The summed E-state index contributed by atoms with van der Waals surface area (Å²) in [5, 5.41) is 3.78. The van der Waals surface area contributed by atoms with Crippen molar-refractivity contribution in [3.63, 3.8) is 0 Å². The fourth-order valence-electron chi connectivity index (χ4n) is 3.46. The molecule has 0 heterocycles. The van der Waals surface area contributed by atoms with Crippen LogP contribution in [0.4, 0.5) is 0 Å². The number of hydrogen-bond acceptors (Lipinski definition) is 1. The summed E-state index contributed by atoms with van der Waals surface area (Å²) in [7, 11) is 0. The third-order valence-corrected chi connectivity index (χ3v) is 4.97. The average Bonchev–Trinajstić information content (AvgIpc) is 2.35. The van der Waals surface area contributed by atoms with Gasteiger partial charge in [-0.25, -0.2) is 0 Å². The standard InChI is InChI=1S/C16H33N/c1-6-14-9-8-10-15(11-14)16(17-7-2)13(5)12(3)4/h12-17H,6-11H2,1-5H3. The van der Waals surface area contributed by atoms with E-state index in [9.17, 15) is 0 Å². The lowest BCUT2D eigenvalue weighted by Crippen LogP contribution is -2.44. The number of rotatable bonds is 6. The molecule has 102 valence electrons. The molecule has 0 radical (unpaired) electrons. The second kappa shape index (κ2) is 7.41. The van der Waals surface area contributed by atoms with Crippen LogP contribution in [0.15, 0.2) is 0 Å². The Morgan fingerprint density at radius 3 is 2.35 bits per heavy atom. The maximum atomic E-state index is 3.78. The van der Waals surface area contributed by atoms with E-state index < -0.39 is 0 Å². The van der Waals surface area contributed by atoms with Gasteiger partial charge in [0.2, 0.25) is 0 Å². The van der Waals surface area contributed by atoms with Crippen LogP contribution in [0.5, 0.6) is 0 Å². The third-order valence-electron chi connectivity index (χ3n) is 4.97. The van der Waals surface area contributed by atoms with Gasteiger partial charge in [-0.3, -0.25) is 0 Å². The summed E-state index contributed by atoms with van der Waals surface area (Å²) in [6, 6.07) is 0.745. The first-order valence-electron chi connectivity index (χ1n) is 7.83. The van der Waals surface area contributed by atoms with Crippen LogP contribution in [-0.4, -0.2) is 12.6 Å². The molecule has 4 atom stereocenters. The maximum absolute atomic E-state index is 3.78. The zero-order valence-corrected chi connectivity index (χ0v) is 12.6. The van der Waals surface area contributed by atoms with Crippen LogP contribution < -0.4 is 5.32 Å². The van der Waals surface area contributed by atoms with E-state index in [1.165, 1.54) is 32.1 Å². The molecule has 0 aromatic rings. The highest BCUT2D eigenvalue weighted by Crippen LogP contribution is 2.36. The maximum Gasteiger partial charge on any atom is 0.0123 e. The molecule has 1 N–H and O–H groups in total. The monoisotopic (exact) mass is 239 g/mol. The van der Waals surface area contributed by atoms with E-state index in [0.29, 0.717) is 0 Å². The molecule has 0 aromatic heterocycles. The lowest BCUT2D eigenvalue weighted by atomic mass is 9.72. The molecule has 17 heavy (non-hydrogen) atoms. The summed E-state index contributed by atoms with van der Waals surface area (Å²) in [4.78, 5) is 0. The largest absolute Gasteiger partial charge is 0.314 e. The summed E-state index contributed by atoms with van der Waals surface area (Å²) in [5.74, 6) is 3.51. The lowest BCUT2D eigenvalue weighted by molar-refractivity contribution is 0.154. The van der Waals surface area contributed by atoms with Gasteiger partial charge in [-0.2, -0.15) is 0 Å². The highest BCUT2D eigenvalue weighted by atomic mass is 14.9. The molecule has 1 fully saturated rings. The van der Waals surface area contributed by atoms with Crippen molar-refractivity contribution in [1.29, 1.82) is 0 Å².